The van der Waals surface area contributed by atoms with Crippen molar-refractivity contribution in [1.29, 1.82) is 0 Å². The van der Waals surface area contributed by atoms with Crippen LogP contribution < -0.4 is 0 Å². The first kappa shape index (κ1) is 44.0. The highest BCUT2D eigenvalue weighted by atomic mass is 32.2. The Balaban J connectivity index is 1.51. The molecule has 316 valence electrons. The van der Waals surface area contributed by atoms with E-state index in [2.05, 4.69) is 0 Å². The van der Waals surface area contributed by atoms with Crippen LogP contribution >= 0.6 is 11.8 Å². The van der Waals surface area contributed by atoms with E-state index < -0.39 is 45.4 Å². The monoisotopic (exact) mass is 846 g/mol. The van der Waals surface area contributed by atoms with Gasteiger partial charge in [0.05, 0.1) is 42.6 Å². The number of rotatable bonds is 14. The number of likely N-dealkylation sites (tertiary alicyclic amines) is 2. The third kappa shape index (κ3) is 9.57. The molecule has 2 fully saturated rings. The van der Waals surface area contributed by atoms with Crippen molar-refractivity contribution < 1.29 is 39.2 Å². The van der Waals surface area contributed by atoms with E-state index in [0.717, 1.165) is 22.9 Å². The first-order valence-electron chi connectivity index (χ1n) is 20.0. The molecule has 2 atom stereocenters. The summed E-state index contributed by atoms with van der Waals surface area (Å²) in [5.74, 6) is -4.32. The molecule has 6 rings (SSSR count). The average Bonchev–Trinajstić information content (AvgIpc) is 3.94. The number of carboxylic acid groups (broad SMARTS) is 2. The summed E-state index contributed by atoms with van der Waals surface area (Å²) in [7, 11) is 0. The van der Waals surface area contributed by atoms with Gasteiger partial charge in [0.15, 0.2) is 0 Å². The van der Waals surface area contributed by atoms with Gasteiger partial charge in [0.2, 0.25) is 11.8 Å². The molecule has 2 aliphatic heterocycles. The quantitative estimate of drug-likeness (QED) is 0.0696. The fourth-order valence-corrected chi connectivity index (χ4v) is 9.03. The van der Waals surface area contributed by atoms with E-state index in [4.69, 9.17) is 0 Å². The van der Waals surface area contributed by atoms with Gasteiger partial charge >= 0.3 is 11.9 Å². The lowest BCUT2D eigenvalue weighted by atomic mass is 9.89. The smallest absolute Gasteiger partial charge is 0.308 e. The molecule has 2 aliphatic rings. The summed E-state index contributed by atoms with van der Waals surface area (Å²) in [4.78, 5) is 78.3. The maximum absolute atomic E-state index is 13.3. The third-order valence-corrected chi connectivity index (χ3v) is 12.2. The van der Waals surface area contributed by atoms with E-state index in [1.54, 1.807) is 36.4 Å². The molecule has 2 unspecified atom stereocenters. The number of hydrogen-bond acceptors (Lipinski definition) is 9. The van der Waals surface area contributed by atoms with Crippen LogP contribution in [0.2, 0.25) is 0 Å². The SMILES string of the molecule is CC(C)c1ccccc1-c1c(/C=C/C(=O)N2CCC(C(=O)O)C2)ccc(Sc2ccc(/C=C/C(=O)N3CCC(C(=O)O)C3)c(-c3ccccc3C(C)C)c2[N+](=O)[O-])c1[N+](=O)[O-]. The number of aliphatic carboxylic acids is 2. The van der Waals surface area contributed by atoms with Gasteiger partial charge in [-0.05, 0) is 82.3 Å². The molecule has 0 bridgehead atoms. The normalized spacial score (nSPS) is 16.6. The minimum Gasteiger partial charge on any atom is -0.481 e. The van der Waals surface area contributed by atoms with Gasteiger partial charge in [-0.25, -0.2) is 0 Å². The van der Waals surface area contributed by atoms with Crippen LogP contribution in [0.4, 0.5) is 11.4 Å². The molecule has 2 N–H and O–H groups in total. The molecule has 4 aromatic carbocycles. The molecule has 4 aromatic rings. The van der Waals surface area contributed by atoms with Crippen LogP contribution in [0.25, 0.3) is 34.4 Å². The van der Waals surface area contributed by atoms with E-state index in [-0.39, 0.29) is 70.3 Å². The van der Waals surface area contributed by atoms with E-state index in [1.165, 1.54) is 46.2 Å². The number of benzene rings is 4. The molecule has 0 aromatic heterocycles. The largest absolute Gasteiger partial charge is 0.481 e. The summed E-state index contributed by atoms with van der Waals surface area (Å²) >= 11 is 0.863. The first-order valence-corrected chi connectivity index (χ1v) is 20.8. The van der Waals surface area contributed by atoms with Gasteiger partial charge in [-0.15, -0.1) is 0 Å². The Labute approximate surface area is 356 Å². The van der Waals surface area contributed by atoms with Crippen molar-refractivity contribution in [1.82, 2.24) is 9.80 Å². The van der Waals surface area contributed by atoms with Gasteiger partial charge in [-0.2, -0.15) is 0 Å². The predicted molar refractivity (Wildman–Crippen MR) is 232 cm³/mol. The van der Waals surface area contributed by atoms with Crippen molar-refractivity contribution in [3.05, 3.63) is 127 Å². The second-order valence-electron chi connectivity index (χ2n) is 15.7. The minimum atomic E-state index is -0.983. The highest BCUT2D eigenvalue weighted by molar-refractivity contribution is 7.99. The summed E-state index contributed by atoms with van der Waals surface area (Å²) in [6.45, 7) is 8.44. The van der Waals surface area contributed by atoms with E-state index in [1.807, 2.05) is 52.0 Å². The summed E-state index contributed by atoms with van der Waals surface area (Å²) in [6.07, 6.45) is 6.18. The maximum Gasteiger partial charge on any atom is 0.308 e. The van der Waals surface area contributed by atoms with Crippen LogP contribution in [0.15, 0.2) is 94.7 Å². The lowest BCUT2D eigenvalue weighted by Crippen LogP contribution is -2.28. The number of carboxylic acids is 2. The van der Waals surface area contributed by atoms with Crippen LogP contribution in [0.5, 0.6) is 0 Å². The lowest BCUT2D eigenvalue weighted by molar-refractivity contribution is -0.387. The molecule has 14 nitrogen and oxygen atoms in total. The zero-order valence-electron chi connectivity index (χ0n) is 34.1. The summed E-state index contributed by atoms with van der Waals surface area (Å²) in [6, 6.07) is 20.7. The number of nitro benzene ring substituents is 2. The minimum absolute atomic E-state index is 0.0518. The zero-order chi connectivity index (χ0) is 44.1. The van der Waals surface area contributed by atoms with Crippen molar-refractivity contribution in [2.45, 2.75) is 62.2 Å². The molecule has 15 heteroatoms. The van der Waals surface area contributed by atoms with Crippen LogP contribution in [0.1, 0.15) is 74.6 Å². The topological polar surface area (TPSA) is 202 Å². The summed E-state index contributed by atoms with van der Waals surface area (Å²) in [5, 5.41) is 45.5. The van der Waals surface area contributed by atoms with Gasteiger partial charge in [0.25, 0.3) is 11.4 Å². The van der Waals surface area contributed by atoms with E-state index in [9.17, 15) is 49.6 Å². The Morgan fingerprint density at radius 2 is 1.02 bits per heavy atom. The molecule has 2 saturated heterocycles. The fraction of sp³-hybridized carbons (Fsp3) is 0.304. The Kier molecular flexibility index (Phi) is 13.5. The van der Waals surface area contributed by atoms with Crippen LogP contribution in [-0.4, -0.2) is 79.8 Å². The van der Waals surface area contributed by atoms with Crippen molar-refractivity contribution in [2.75, 3.05) is 26.2 Å². The molecule has 0 spiro atoms. The van der Waals surface area contributed by atoms with Gasteiger partial charge < -0.3 is 20.0 Å². The fourth-order valence-electron chi connectivity index (χ4n) is 7.98. The second-order valence-corrected chi connectivity index (χ2v) is 16.8. The van der Waals surface area contributed by atoms with Crippen LogP contribution in [-0.2, 0) is 19.2 Å². The molecule has 0 aliphatic carbocycles. The van der Waals surface area contributed by atoms with Gasteiger partial charge in [-0.3, -0.25) is 39.4 Å². The summed E-state index contributed by atoms with van der Waals surface area (Å²) < 4.78 is 0. The molecule has 0 saturated carbocycles. The number of nitrogens with zero attached hydrogens (tertiary/aromatic N) is 4. The Morgan fingerprint density at radius 3 is 1.34 bits per heavy atom. The number of nitro groups is 2. The van der Waals surface area contributed by atoms with Crippen LogP contribution in [0.3, 0.4) is 0 Å². The number of amides is 2. The predicted octanol–water partition coefficient (Wildman–Crippen LogP) is 9.13. The van der Waals surface area contributed by atoms with Crippen molar-refractivity contribution in [2.24, 2.45) is 11.8 Å². The Hall–Kier alpha value is -6.61. The number of hydrogen-bond donors (Lipinski definition) is 2. The molecular weight excluding hydrogens is 801 g/mol. The molecule has 2 amide bonds. The highest BCUT2D eigenvalue weighted by Crippen LogP contribution is 2.50. The van der Waals surface area contributed by atoms with E-state index in [0.29, 0.717) is 35.1 Å². The maximum atomic E-state index is 13.3. The lowest BCUT2D eigenvalue weighted by Gasteiger charge is -2.18. The van der Waals surface area contributed by atoms with Crippen molar-refractivity contribution >= 4 is 59.0 Å². The molecule has 0 radical (unpaired) electrons. The van der Waals surface area contributed by atoms with Gasteiger partial charge in [0, 0.05) is 38.3 Å². The molecular formula is C46H46N4O10S. The molecule has 61 heavy (non-hydrogen) atoms. The number of carbonyl (C=O) groups is 4. The Morgan fingerprint density at radius 1 is 0.639 bits per heavy atom. The second kappa shape index (κ2) is 18.8. The summed E-state index contributed by atoms with van der Waals surface area (Å²) in [5.41, 5.74) is 3.18. The Bertz CT molecular complexity index is 2310. The first-order chi connectivity index (χ1) is 29.1. The average molecular weight is 847 g/mol. The van der Waals surface area contributed by atoms with Crippen molar-refractivity contribution in [3.63, 3.8) is 0 Å². The van der Waals surface area contributed by atoms with Gasteiger partial charge in [-0.1, -0.05) is 100 Å². The van der Waals surface area contributed by atoms with Crippen molar-refractivity contribution in [3.8, 4) is 22.3 Å². The van der Waals surface area contributed by atoms with Crippen LogP contribution in [0, 0.1) is 32.1 Å². The van der Waals surface area contributed by atoms with Gasteiger partial charge in [0.1, 0.15) is 0 Å². The zero-order valence-corrected chi connectivity index (χ0v) is 35.0. The standard InChI is InChI=1S/C46H46N4O10S/c1-27(2)33-9-5-7-11-35(33)41-29(15-19-39(51)47-23-21-31(25-47)45(53)54)13-17-37(43(41)49(57)58)61-38-18-14-30(16-20-40(52)48-24-22-32(26-48)46(55)56)42(44(38)50(59)60)36-12-8-6-10-34(36)28(3)4/h5-20,27-28,31-32H,21-26H2,1-4H3,(H,53,54)(H,55,56)/b19-15+,20-16+. The third-order valence-electron chi connectivity index (χ3n) is 11.1. The molecule has 2 heterocycles. The number of carbonyl (C=O) groups excluding carboxylic acids is 2. The highest BCUT2D eigenvalue weighted by Gasteiger charge is 2.34. The van der Waals surface area contributed by atoms with E-state index >= 15 is 0 Å².